The average molecular weight is 409 g/mol. The van der Waals surface area contributed by atoms with Crippen molar-refractivity contribution in [3.63, 3.8) is 0 Å². The van der Waals surface area contributed by atoms with Gasteiger partial charge in [0.15, 0.2) is 0 Å². The van der Waals surface area contributed by atoms with Gasteiger partial charge in [0.1, 0.15) is 17.2 Å². The van der Waals surface area contributed by atoms with Crippen LogP contribution < -0.4 is 4.74 Å². The van der Waals surface area contributed by atoms with Gasteiger partial charge in [-0.05, 0) is 56.1 Å². The predicted octanol–water partition coefficient (Wildman–Crippen LogP) is 4.79. The smallest absolute Gasteiger partial charge is 0.405 e. The maximum atomic E-state index is 12.8. The molecule has 0 aliphatic heterocycles. The third-order valence-corrected chi connectivity index (χ3v) is 6.33. The summed E-state index contributed by atoms with van der Waals surface area (Å²) in [7, 11) is 0. The molecule has 1 N–H and O–H groups in total. The van der Waals surface area contributed by atoms with Crippen molar-refractivity contribution in [3.8, 4) is 17.0 Å². The van der Waals surface area contributed by atoms with Crippen molar-refractivity contribution in [2.24, 2.45) is 11.8 Å². The van der Waals surface area contributed by atoms with E-state index in [4.69, 9.17) is 9.26 Å². The summed E-state index contributed by atoms with van der Waals surface area (Å²) in [5.41, 5.74) is 1.28. The van der Waals surface area contributed by atoms with Gasteiger partial charge in [-0.1, -0.05) is 17.3 Å². The van der Waals surface area contributed by atoms with Crippen LogP contribution in [0.3, 0.4) is 0 Å². The normalized spacial score (nSPS) is 28.8. The first kappa shape index (κ1) is 18.9. The Balaban J connectivity index is 1.42. The van der Waals surface area contributed by atoms with Crippen LogP contribution in [0.2, 0.25) is 0 Å². The van der Waals surface area contributed by atoms with Crippen molar-refractivity contribution in [1.82, 2.24) is 5.16 Å². The second kappa shape index (κ2) is 7.02. The van der Waals surface area contributed by atoms with Crippen LogP contribution in [0.15, 0.2) is 28.8 Å². The maximum Gasteiger partial charge on any atom is 0.573 e. The molecule has 5 rings (SSSR count). The van der Waals surface area contributed by atoms with E-state index in [0.29, 0.717) is 22.9 Å². The van der Waals surface area contributed by atoms with E-state index < -0.39 is 6.36 Å². The van der Waals surface area contributed by atoms with E-state index in [1.807, 2.05) is 0 Å². The molecule has 2 aromatic rings. The Kier molecular flexibility index (Phi) is 4.58. The van der Waals surface area contributed by atoms with Crippen molar-refractivity contribution < 1.29 is 32.3 Å². The number of halogens is 3. The molecule has 29 heavy (non-hydrogen) atoms. The number of fused-ring (bicyclic) bond motifs is 2. The zero-order valence-corrected chi connectivity index (χ0v) is 15.7. The van der Waals surface area contributed by atoms with Gasteiger partial charge in [0, 0.05) is 17.0 Å². The van der Waals surface area contributed by atoms with E-state index in [-0.39, 0.29) is 42.0 Å². The van der Waals surface area contributed by atoms with Crippen LogP contribution in [0.5, 0.6) is 5.75 Å². The molecule has 3 aliphatic rings. The third kappa shape index (κ3) is 3.75. The van der Waals surface area contributed by atoms with Crippen molar-refractivity contribution in [2.45, 2.75) is 63.2 Å². The fourth-order valence-electron chi connectivity index (χ4n) is 4.80. The van der Waals surface area contributed by atoms with Crippen molar-refractivity contribution in [3.05, 3.63) is 35.6 Å². The number of aliphatic hydroxyl groups excluding tert-OH is 1. The fraction of sp³-hybridized carbons (Fsp3) is 0.571. The number of benzene rings is 1. The Hall–Kier alpha value is -2.06. The molecule has 4 atom stereocenters. The molecular weight excluding hydrogens is 387 g/mol. The lowest BCUT2D eigenvalue weighted by Crippen LogP contribution is -2.27. The van der Waals surface area contributed by atoms with Gasteiger partial charge >= 0.3 is 6.36 Å². The van der Waals surface area contributed by atoms with E-state index in [0.717, 1.165) is 32.1 Å². The molecule has 8 heteroatoms. The Morgan fingerprint density at radius 1 is 1.10 bits per heavy atom. The average Bonchev–Trinajstić information content (AvgIpc) is 3.14. The van der Waals surface area contributed by atoms with Gasteiger partial charge in [-0.15, -0.1) is 13.2 Å². The summed E-state index contributed by atoms with van der Waals surface area (Å²) >= 11 is 0. The second-order valence-electron chi connectivity index (χ2n) is 8.34. The number of rotatable bonds is 6. The maximum absolute atomic E-state index is 12.8. The van der Waals surface area contributed by atoms with Gasteiger partial charge in [0.25, 0.3) is 0 Å². The molecule has 0 unspecified atom stereocenters. The summed E-state index contributed by atoms with van der Waals surface area (Å²) < 4.78 is 54.5. The van der Waals surface area contributed by atoms with Crippen LogP contribution in [0.4, 0.5) is 13.2 Å². The highest BCUT2D eigenvalue weighted by Gasteiger charge is 2.46. The summed E-state index contributed by atoms with van der Waals surface area (Å²) in [6, 6.07) is 5.96. The summed E-state index contributed by atoms with van der Waals surface area (Å²) in [5, 5.41) is 14.0. The highest BCUT2D eigenvalue weighted by Crippen LogP contribution is 2.48. The number of hydrogen-bond donors (Lipinski definition) is 1. The van der Waals surface area contributed by atoms with E-state index in [2.05, 4.69) is 9.89 Å². The minimum atomic E-state index is -4.79. The van der Waals surface area contributed by atoms with Gasteiger partial charge in [-0.25, -0.2) is 0 Å². The fourth-order valence-corrected chi connectivity index (χ4v) is 4.80. The summed E-state index contributed by atoms with van der Waals surface area (Å²) in [6.45, 7) is 0.231. The van der Waals surface area contributed by atoms with Crippen LogP contribution in [-0.2, 0) is 11.3 Å². The molecule has 1 aromatic heterocycles. The highest BCUT2D eigenvalue weighted by molar-refractivity contribution is 5.70. The van der Waals surface area contributed by atoms with Gasteiger partial charge < -0.3 is 19.1 Å². The number of nitrogens with zero attached hydrogens (tertiary/aromatic N) is 1. The van der Waals surface area contributed by atoms with Crippen molar-refractivity contribution >= 4 is 0 Å². The lowest BCUT2D eigenvalue weighted by Gasteiger charge is -2.25. The molecule has 1 aromatic carbocycles. The molecule has 3 fully saturated rings. The van der Waals surface area contributed by atoms with Gasteiger partial charge in [-0.2, -0.15) is 0 Å². The van der Waals surface area contributed by atoms with Crippen LogP contribution in [0, 0.1) is 11.8 Å². The molecule has 0 radical (unpaired) electrons. The van der Waals surface area contributed by atoms with Crippen LogP contribution in [0.1, 0.15) is 49.3 Å². The lowest BCUT2D eigenvalue weighted by atomic mass is 9.95. The monoisotopic (exact) mass is 409 g/mol. The molecule has 2 bridgehead atoms. The Bertz CT molecular complexity index is 890. The summed E-state index contributed by atoms with van der Waals surface area (Å²) in [6.07, 6.45) is -0.479. The Morgan fingerprint density at radius 3 is 2.55 bits per heavy atom. The largest absolute Gasteiger partial charge is 0.573 e. The number of ether oxygens (including phenoxy) is 2. The minimum absolute atomic E-state index is 0.0554. The molecule has 5 nitrogen and oxygen atoms in total. The lowest BCUT2D eigenvalue weighted by molar-refractivity contribution is -0.274. The first-order chi connectivity index (χ1) is 13.9. The molecule has 156 valence electrons. The number of hydrogen-bond acceptors (Lipinski definition) is 5. The first-order valence-electron chi connectivity index (χ1n) is 10.0. The Labute approximate surface area is 165 Å². The van der Waals surface area contributed by atoms with E-state index in [1.165, 1.54) is 12.1 Å². The number of para-hydroxylation sites is 1. The Morgan fingerprint density at radius 2 is 1.90 bits per heavy atom. The molecule has 0 amide bonds. The summed E-state index contributed by atoms with van der Waals surface area (Å²) in [4.78, 5) is 0. The predicted molar refractivity (Wildman–Crippen MR) is 96.0 cm³/mol. The van der Waals surface area contributed by atoms with Gasteiger partial charge in [0.05, 0.1) is 18.8 Å². The van der Waals surface area contributed by atoms with Crippen molar-refractivity contribution in [2.75, 3.05) is 0 Å². The highest BCUT2D eigenvalue weighted by atomic mass is 19.4. The summed E-state index contributed by atoms with van der Waals surface area (Å²) in [5.74, 6) is 1.26. The van der Waals surface area contributed by atoms with E-state index >= 15 is 0 Å². The zero-order valence-electron chi connectivity index (χ0n) is 15.7. The topological polar surface area (TPSA) is 64.7 Å². The van der Waals surface area contributed by atoms with Crippen LogP contribution in [-0.4, -0.2) is 28.8 Å². The van der Waals surface area contributed by atoms with Crippen LogP contribution in [0.25, 0.3) is 11.3 Å². The van der Waals surface area contributed by atoms with E-state index in [9.17, 15) is 18.3 Å². The third-order valence-electron chi connectivity index (χ3n) is 6.33. The SMILES string of the molecule is O[C@@H]1C[C@@H]2C[C@H]1C[C@@H]2OCc1c(-c2ccccc2OC(F)(F)F)noc1C1CC1. The van der Waals surface area contributed by atoms with Crippen LogP contribution >= 0.6 is 0 Å². The number of alkyl halides is 3. The van der Waals surface area contributed by atoms with Crippen molar-refractivity contribution in [1.29, 1.82) is 0 Å². The molecule has 1 heterocycles. The minimum Gasteiger partial charge on any atom is -0.405 e. The quantitative estimate of drug-likeness (QED) is 0.743. The number of aliphatic hydroxyl groups is 1. The van der Waals surface area contributed by atoms with Gasteiger partial charge in [0.2, 0.25) is 0 Å². The molecule has 0 spiro atoms. The number of aromatic nitrogens is 1. The van der Waals surface area contributed by atoms with Gasteiger partial charge in [-0.3, -0.25) is 0 Å². The molecule has 0 saturated heterocycles. The molecular formula is C21H22F3NO4. The molecule has 3 saturated carbocycles. The zero-order chi connectivity index (χ0) is 20.2. The standard InChI is InChI=1S/C21H22F3NO4/c22-21(23,24)28-17-4-2-1-3-14(17)19-15(20(29-25-19)11-5-6-11)10-27-18-9-12-7-13(18)8-16(12)26/h1-4,11-13,16,18,26H,5-10H2/t12-,13-,16+,18-/m0/s1. The second-order valence-corrected chi connectivity index (χ2v) is 8.34. The van der Waals surface area contributed by atoms with E-state index in [1.54, 1.807) is 12.1 Å². The first-order valence-corrected chi connectivity index (χ1v) is 10.0. The molecule has 3 aliphatic carbocycles.